The number of rotatable bonds is 4. The van der Waals surface area contributed by atoms with E-state index in [4.69, 9.17) is 0 Å². The Hall–Kier alpha value is -1.20. The number of nitrogens with zero attached hydrogens (tertiary/aromatic N) is 3. The largest absolute Gasteiger partial charge is 0.335 e. The molecule has 0 aliphatic carbocycles. The summed E-state index contributed by atoms with van der Waals surface area (Å²) in [7, 11) is 0. The normalized spacial score (nSPS) is 18.8. The van der Waals surface area contributed by atoms with Crippen molar-refractivity contribution < 1.29 is 0 Å². The van der Waals surface area contributed by atoms with Gasteiger partial charge in [-0.25, -0.2) is 9.97 Å². The number of hydrogen-bond acceptors (Lipinski definition) is 4. The SMILES string of the molecule is Cc1nc(CNCC2CCc3nccn3C2)cs1. The highest BCUT2D eigenvalue weighted by Gasteiger charge is 2.18. The number of aryl methyl sites for hydroxylation is 2. The molecule has 1 unspecified atom stereocenters. The smallest absolute Gasteiger partial charge is 0.108 e. The van der Waals surface area contributed by atoms with Crippen molar-refractivity contribution >= 4 is 11.3 Å². The van der Waals surface area contributed by atoms with Crippen LogP contribution in [0.5, 0.6) is 0 Å². The third-order valence-corrected chi connectivity index (χ3v) is 4.26. The van der Waals surface area contributed by atoms with E-state index in [0.717, 1.165) is 36.8 Å². The molecule has 3 rings (SSSR count). The molecule has 5 heteroatoms. The highest BCUT2D eigenvalue weighted by molar-refractivity contribution is 7.09. The van der Waals surface area contributed by atoms with Crippen LogP contribution in [-0.2, 0) is 19.5 Å². The van der Waals surface area contributed by atoms with Crippen LogP contribution >= 0.6 is 11.3 Å². The predicted molar refractivity (Wildman–Crippen MR) is 72.6 cm³/mol. The molecule has 2 aromatic heterocycles. The fourth-order valence-corrected chi connectivity index (χ4v) is 3.11. The van der Waals surface area contributed by atoms with Gasteiger partial charge in [-0.15, -0.1) is 11.3 Å². The maximum absolute atomic E-state index is 4.46. The van der Waals surface area contributed by atoms with E-state index in [9.17, 15) is 0 Å². The van der Waals surface area contributed by atoms with E-state index in [0.29, 0.717) is 5.92 Å². The van der Waals surface area contributed by atoms with Gasteiger partial charge in [0.15, 0.2) is 0 Å². The van der Waals surface area contributed by atoms with E-state index in [-0.39, 0.29) is 0 Å². The van der Waals surface area contributed by atoms with Crippen LogP contribution in [0.1, 0.15) is 22.9 Å². The van der Waals surface area contributed by atoms with Crippen LogP contribution in [0.4, 0.5) is 0 Å². The number of nitrogens with one attached hydrogen (secondary N) is 1. The van der Waals surface area contributed by atoms with Gasteiger partial charge in [0.25, 0.3) is 0 Å². The molecule has 2 aromatic rings. The van der Waals surface area contributed by atoms with Crippen molar-refractivity contribution in [3.8, 4) is 0 Å². The lowest BCUT2D eigenvalue weighted by molar-refractivity contribution is 0.347. The number of aromatic nitrogens is 3. The Balaban J connectivity index is 1.47. The van der Waals surface area contributed by atoms with Gasteiger partial charge >= 0.3 is 0 Å². The molecule has 1 aliphatic heterocycles. The van der Waals surface area contributed by atoms with Crippen LogP contribution in [0.2, 0.25) is 0 Å². The number of thiazole rings is 1. The monoisotopic (exact) mass is 262 g/mol. The quantitative estimate of drug-likeness (QED) is 0.916. The second kappa shape index (κ2) is 5.20. The molecular formula is C13H18N4S. The first-order valence-electron chi connectivity index (χ1n) is 6.43. The minimum absolute atomic E-state index is 0.714. The highest BCUT2D eigenvalue weighted by Crippen LogP contribution is 2.18. The van der Waals surface area contributed by atoms with E-state index in [2.05, 4.69) is 38.4 Å². The molecular weight excluding hydrogens is 244 g/mol. The number of imidazole rings is 1. The van der Waals surface area contributed by atoms with Gasteiger partial charge in [0.05, 0.1) is 10.7 Å². The molecule has 1 aliphatic rings. The summed E-state index contributed by atoms with van der Waals surface area (Å²) in [6.07, 6.45) is 6.34. The Labute approximate surface area is 111 Å². The number of fused-ring (bicyclic) bond motifs is 1. The van der Waals surface area contributed by atoms with Gasteiger partial charge in [-0.05, 0) is 19.3 Å². The van der Waals surface area contributed by atoms with Crippen molar-refractivity contribution in [3.63, 3.8) is 0 Å². The third-order valence-electron chi connectivity index (χ3n) is 3.44. The lowest BCUT2D eigenvalue weighted by atomic mass is 9.99. The van der Waals surface area contributed by atoms with Gasteiger partial charge in [-0.2, -0.15) is 0 Å². The van der Waals surface area contributed by atoms with Crippen molar-refractivity contribution in [2.75, 3.05) is 6.54 Å². The molecule has 0 fully saturated rings. The zero-order valence-corrected chi connectivity index (χ0v) is 11.4. The Morgan fingerprint density at radius 3 is 3.33 bits per heavy atom. The molecule has 18 heavy (non-hydrogen) atoms. The molecule has 0 spiro atoms. The lowest BCUT2D eigenvalue weighted by Gasteiger charge is -2.23. The van der Waals surface area contributed by atoms with E-state index in [1.54, 1.807) is 11.3 Å². The van der Waals surface area contributed by atoms with Gasteiger partial charge in [0.1, 0.15) is 5.82 Å². The molecule has 1 N–H and O–H groups in total. The van der Waals surface area contributed by atoms with Crippen molar-refractivity contribution in [2.45, 2.75) is 32.9 Å². The van der Waals surface area contributed by atoms with Gasteiger partial charge < -0.3 is 9.88 Å². The maximum Gasteiger partial charge on any atom is 0.108 e. The van der Waals surface area contributed by atoms with Crippen molar-refractivity contribution in [1.29, 1.82) is 0 Å². The summed E-state index contributed by atoms with van der Waals surface area (Å²) in [5.74, 6) is 1.95. The van der Waals surface area contributed by atoms with Crippen molar-refractivity contribution in [3.05, 3.63) is 34.3 Å². The third kappa shape index (κ3) is 2.62. The van der Waals surface area contributed by atoms with E-state index in [1.165, 1.54) is 12.2 Å². The minimum atomic E-state index is 0.714. The molecule has 0 bridgehead atoms. The average Bonchev–Trinajstić information content (AvgIpc) is 2.97. The van der Waals surface area contributed by atoms with Crippen LogP contribution in [-0.4, -0.2) is 21.1 Å². The van der Waals surface area contributed by atoms with Crippen LogP contribution in [0.3, 0.4) is 0 Å². The summed E-state index contributed by atoms with van der Waals surface area (Å²) >= 11 is 1.72. The van der Waals surface area contributed by atoms with Gasteiger partial charge in [0, 0.05) is 43.8 Å². The van der Waals surface area contributed by atoms with E-state index < -0.39 is 0 Å². The molecule has 0 saturated carbocycles. The molecule has 0 radical (unpaired) electrons. The fourth-order valence-electron chi connectivity index (χ4n) is 2.50. The van der Waals surface area contributed by atoms with Gasteiger partial charge in [-0.3, -0.25) is 0 Å². The summed E-state index contributed by atoms with van der Waals surface area (Å²) < 4.78 is 2.28. The zero-order valence-electron chi connectivity index (χ0n) is 10.6. The fraction of sp³-hybridized carbons (Fsp3) is 0.538. The van der Waals surface area contributed by atoms with Crippen molar-refractivity contribution in [2.24, 2.45) is 5.92 Å². The van der Waals surface area contributed by atoms with Gasteiger partial charge in [0.2, 0.25) is 0 Å². The molecule has 4 nitrogen and oxygen atoms in total. The zero-order chi connectivity index (χ0) is 12.4. The minimum Gasteiger partial charge on any atom is -0.335 e. The Morgan fingerprint density at radius 1 is 1.56 bits per heavy atom. The summed E-state index contributed by atoms with van der Waals surface area (Å²) in [5.41, 5.74) is 1.16. The molecule has 96 valence electrons. The summed E-state index contributed by atoms with van der Waals surface area (Å²) in [4.78, 5) is 8.82. The first kappa shape index (κ1) is 11.9. The topological polar surface area (TPSA) is 42.7 Å². The van der Waals surface area contributed by atoms with E-state index >= 15 is 0 Å². The standard InChI is InChI=1S/C13H18N4S/c1-10-16-12(9-18-10)7-14-6-11-2-3-13-15-4-5-17(13)8-11/h4-5,9,11,14H,2-3,6-8H2,1H3. The lowest BCUT2D eigenvalue weighted by Crippen LogP contribution is -2.29. The predicted octanol–water partition coefficient (Wildman–Crippen LogP) is 2.00. The summed E-state index contributed by atoms with van der Waals surface area (Å²) in [5, 5.41) is 6.80. The number of hydrogen-bond donors (Lipinski definition) is 1. The van der Waals surface area contributed by atoms with Crippen LogP contribution < -0.4 is 5.32 Å². The first-order valence-corrected chi connectivity index (χ1v) is 7.31. The highest BCUT2D eigenvalue weighted by atomic mass is 32.1. The molecule has 3 heterocycles. The molecule has 1 atom stereocenters. The summed E-state index contributed by atoms with van der Waals surface area (Å²) in [6.45, 7) is 5.10. The molecule has 0 amide bonds. The van der Waals surface area contributed by atoms with Crippen molar-refractivity contribution in [1.82, 2.24) is 19.9 Å². The average molecular weight is 262 g/mol. The van der Waals surface area contributed by atoms with E-state index in [1.807, 2.05) is 6.20 Å². The van der Waals surface area contributed by atoms with Gasteiger partial charge in [-0.1, -0.05) is 0 Å². The van der Waals surface area contributed by atoms with Crippen LogP contribution in [0.25, 0.3) is 0 Å². The Morgan fingerprint density at radius 2 is 2.50 bits per heavy atom. The van der Waals surface area contributed by atoms with Crippen LogP contribution in [0.15, 0.2) is 17.8 Å². The maximum atomic E-state index is 4.46. The first-order chi connectivity index (χ1) is 8.81. The van der Waals surface area contributed by atoms with Crippen LogP contribution in [0, 0.1) is 12.8 Å². The summed E-state index contributed by atoms with van der Waals surface area (Å²) in [6, 6.07) is 0. The molecule has 0 saturated heterocycles. The Bertz CT molecular complexity index is 517. The second-order valence-electron chi connectivity index (χ2n) is 4.89. The Kier molecular flexibility index (Phi) is 3.43. The second-order valence-corrected chi connectivity index (χ2v) is 5.95. The molecule has 0 aromatic carbocycles.